The summed E-state index contributed by atoms with van der Waals surface area (Å²) in [6.07, 6.45) is 5.92. The number of nitrogens with one attached hydrogen (secondary N) is 1. The largest absolute Gasteiger partial charge is 0.299 e. The van der Waals surface area contributed by atoms with Gasteiger partial charge in [0, 0.05) is 11.6 Å². The minimum atomic E-state index is -0.162. The van der Waals surface area contributed by atoms with Crippen LogP contribution in [-0.2, 0) is 4.79 Å². The summed E-state index contributed by atoms with van der Waals surface area (Å²) in [5, 5.41) is 14.2. The van der Waals surface area contributed by atoms with Crippen LogP contribution in [0.25, 0.3) is 22.5 Å². The molecule has 5 rings (SSSR count). The summed E-state index contributed by atoms with van der Waals surface area (Å²) in [6, 6.07) is 27.2. The average Bonchev–Trinajstić information content (AvgIpc) is 3.40. The van der Waals surface area contributed by atoms with Gasteiger partial charge in [0.25, 0.3) is 5.91 Å². The van der Waals surface area contributed by atoms with Gasteiger partial charge >= 0.3 is 0 Å². The highest BCUT2D eigenvalue weighted by Crippen LogP contribution is 2.35. The Labute approximate surface area is 228 Å². The monoisotopic (exact) mass is 523 g/mol. The number of carbonyl (C=O) groups excluding carboxylic acids is 1. The van der Waals surface area contributed by atoms with Gasteiger partial charge in [0.15, 0.2) is 11.0 Å². The van der Waals surface area contributed by atoms with E-state index in [1.807, 2.05) is 37.3 Å². The van der Waals surface area contributed by atoms with Crippen molar-refractivity contribution in [1.82, 2.24) is 20.2 Å². The van der Waals surface area contributed by atoms with E-state index in [0.717, 1.165) is 46.2 Å². The van der Waals surface area contributed by atoms with Gasteiger partial charge in [-0.05, 0) is 43.4 Å². The van der Waals surface area contributed by atoms with Crippen LogP contribution < -0.4 is 5.43 Å². The van der Waals surface area contributed by atoms with Crippen molar-refractivity contribution in [3.05, 3.63) is 90.0 Å². The third-order valence-corrected chi connectivity index (χ3v) is 7.95. The molecule has 0 radical (unpaired) electrons. The Balaban J connectivity index is 1.24. The lowest BCUT2D eigenvalue weighted by Gasteiger charge is -2.25. The average molecular weight is 524 g/mol. The summed E-state index contributed by atoms with van der Waals surface area (Å²) >= 11 is 1.42. The predicted octanol–water partition coefficient (Wildman–Crippen LogP) is 7.06. The summed E-state index contributed by atoms with van der Waals surface area (Å²) in [6.45, 7) is 3.98. The van der Waals surface area contributed by atoms with Crippen LogP contribution in [0.3, 0.4) is 0 Å². The molecule has 1 saturated carbocycles. The molecule has 7 heteroatoms. The molecule has 38 heavy (non-hydrogen) atoms. The number of rotatable bonds is 8. The fourth-order valence-electron chi connectivity index (χ4n) is 4.85. The highest BCUT2D eigenvalue weighted by molar-refractivity contribution is 7.99. The molecule has 0 atom stereocenters. The third kappa shape index (κ3) is 6.22. The van der Waals surface area contributed by atoms with Crippen molar-refractivity contribution < 1.29 is 4.79 Å². The molecular formula is C31H33N5OS. The van der Waals surface area contributed by atoms with Gasteiger partial charge in [-0.15, -0.1) is 10.2 Å². The molecule has 0 unspecified atom stereocenters. The number of amides is 1. The van der Waals surface area contributed by atoms with Crippen LogP contribution in [0.1, 0.15) is 56.2 Å². The molecule has 1 N–H and O–H groups in total. The van der Waals surface area contributed by atoms with Crippen molar-refractivity contribution in [3.63, 3.8) is 0 Å². The van der Waals surface area contributed by atoms with E-state index in [2.05, 4.69) is 80.7 Å². The van der Waals surface area contributed by atoms with Crippen molar-refractivity contribution in [3.8, 4) is 22.5 Å². The van der Waals surface area contributed by atoms with E-state index >= 15 is 0 Å². The van der Waals surface area contributed by atoms with Crippen LogP contribution in [0.15, 0.2) is 89.1 Å². The van der Waals surface area contributed by atoms with Crippen molar-refractivity contribution in [2.75, 3.05) is 5.75 Å². The summed E-state index contributed by atoms with van der Waals surface area (Å²) in [5.74, 6) is 0.945. The minimum absolute atomic E-state index is 0.162. The first-order valence-corrected chi connectivity index (χ1v) is 14.2. The number of thioether (sulfide) groups is 1. The number of hydrogen-bond acceptors (Lipinski definition) is 5. The van der Waals surface area contributed by atoms with Gasteiger partial charge in [0.05, 0.1) is 11.5 Å². The van der Waals surface area contributed by atoms with Gasteiger partial charge in [-0.2, -0.15) is 5.10 Å². The number of hydrogen-bond donors (Lipinski definition) is 1. The molecule has 1 aliphatic rings. The Morgan fingerprint density at radius 1 is 0.895 bits per heavy atom. The van der Waals surface area contributed by atoms with Gasteiger partial charge in [0.1, 0.15) is 0 Å². The smallest absolute Gasteiger partial charge is 0.250 e. The predicted molar refractivity (Wildman–Crippen MR) is 155 cm³/mol. The Morgan fingerprint density at radius 2 is 1.55 bits per heavy atom. The summed E-state index contributed by atoms with van der Waals surface area (Å²) in [7, 11) is 0. The molecular weight excluding hydrogens is 490 g/mol. The first-order chi connectivity index (χ1) is 18.6. The Hall–Kier alpha value is -3.71. The van der Waals surface area contributed by atoms with Crippen LogP contribution in [0.5, 0.6) is 0 Å². The van der Waals surface area contributed by atoms with Crippen molar-refractivity contribution in [1.29, 1.82) is 0 Å². The van der Waals surface area contributed by atoms with E-state index in [9.17, 15) is 4.79 Å². The third-order valence-electron chi connectivity index (χ3n) is 7.00. The number of hydrazone groups is 1. The molecule has 0 aliphatic heterocycles. The van der Waals surface area contributed by atoms with Crippen molar-refractivity contribution >= 4 is 23.4 Å². The van der Waals surface area contributed by atoms with Gasteiger partial charge < -0.3 is 0 Å². The van der Waals surface area contributed by atoms with Crippen molar-refractivity contribution in [2.24, 2.45) is 5.10 Å². The Kier molecular flexibility index (Phi) is 8.34. The van der Waals surface area contributed by atoms with E-state index < -0.39 is 0 Å². The maximum Gasteiger partial charge on any atom is 0.250 e. The zero-order valence-electron chi connectivity index (χ0n) is 21.9. The number of aryl methyl sites for hydroxylation is 1. The highest BCUT2D eigenvalue weighted by atomic mass is 32.2. The molecule has 3 aromatic carbocycles. The molecule has 0 saturated heterocycles. The number of aromatic nitrogens is 3. The Bertz CT molecular complexity index is 1390. The SMILES string of the molecule is C/C(=N/NC(=O)CSc1nnc(-c2ccc(C)cc2)n1C1CCCCC1)c1ccc(-c2ccccc2)cc1. The van der Waals surface area contributed by atoms with Gasteiger partial charge in [-0.25, -0.2) is 5.43 Å². The first-order valence-electron chi connectivity index (χ1n) is 13.2. The first kappa shape index (κ1) is 25.9. The van der Waals surface area contributed by atoms with Gasteiger partial charge in [-0.1, -0.05) is 115 Å². The minimum Gasteiger partial charge on any atom is -0.299 e. The lowest BCUT2D eigenvalue weighted by molar-refractivity contribution is -0.118. The summed E-state index contributed by atoms with van der Waals surface area (Å²) in [4.78, 5) is 12.7. The van der Waals surface area contributed by atoms with Crippen LogP contribution in [0.4, 0.5) is 0 Å². The molecule has 6 nitrogen and oxygen atoms in total. The molecule has 1 heterocycles. The maximum absolute atomic E-state index is 12.7. The fourth-order valence-corrected chi connectivity index (χ4v) is 5.65. The van der Waals surface area contributed by atoms with E-state index in [0.29, 0.717) is 6.04 Å². The number of nitrogens with zero attached hydrogens (tertiary/aromatic N) is 4. The van der Waals surface area contributed by atoms with Gasteiger partial charge in [-0.3, -0.25) is 9.36 Å². The number of carbonyl (C=O) groups is 1. The normalized spacial score (nSPS) is 14.4. The molecule has 1 aromatic heterocycles. The molecule has 1 aliphatic carbocycles. The van der Waals surface area contributed by atoms with E-state index in [1.54, 1.807) is 0 Å². The van der Waals surface area contributed by atoms with Crippen LogP contribution in [0, 0.1) is 6.92 Å². The highest BCUT2D eigenvalue weighted by Gasteiger charge is 2.24. The fraction of sp³-hybridized carbons (Fsp3) is 0.290. The molecule has 4 aromatic rings. The summed E-state index contributed by atoms with van der Waals surface area (Å²) in [5.41, 5.74) is 9.03. The quantitative estimate of drug-likeness (QED) is 0.152. The zero-order valence-corrected chi connectivity index (χ0v) is 22.7. The standard InChI is InChI=1S/C31H33N5OS/c1-22-13-15-27(16-14-22)30-34-35-31(36(30)28-11-7-4-8-12-28)38-21-29(37)33-32-23(2)24-17-19-26(20-18-24)25-9-5-3-6-10-25/h3,5-6,9-10,13-20,28H,4,7-8,11-12,21H2,1-2H3,(H,33,37)/b32-23-. The topological polar surface area (TPSA) is 72.2 Å². The van der Waals surface area contributed by atoms with E-state index in [1.165, 1.54) is 42.2 Å². The molecule has 1 fully saturated rings. The molecule has 0 spiro atoms. The second-order valence-corrected chi connectivity index (χ2v) is 10.7. The van der Waals surface area contributed by atoms with Crippen LogP contribution in [-0.4, -0.2) is 32.1 Å². The van der Waals surface area contributed by atoms with Crippen LogP contribution >= 0.6 is 11.8 Å². The lowest BCUT2D eigenvalue weighted by Crippen LogP contribution is -2.22. The van der Waals surface area contributed by atoms with Crippen LogP contribution in [0.2, 0.25) is 0 Å². The second kappa shape index (κ2) is 12.2. The number of benzene rings is 3. The molecule has 1 amide bonds. The van der Waals surface area contributed by atoms with Gasteiger partial charge in [0.2, 0.25) is 0 Å². The maximum atomic E-state index is 12.7. The molecule has 194 valence electrons. The zero-order chi connectivity index (χ0) is 26.3. The Morgan fingerprint density at radius 3 is 2.26 bits per heavy atom. The van der Waals surface area contributed by atoms with E-state index in [-0.39, 0.29) is 11.7 Å². The van der Waals surface area contributed by atoms with E-state index in [4.69, 9.17) is 0 Å². The molecule has 0 bridgehead atoms. The second-order valence-electron chi connectivity index (χ2n) is 9.80. The summed E-state index contributed by atoms with van der Waals surface area (Å²) < 4.78 is 2.25. The van der Waals surface area contributed by atoms with Crippen molar-refractivity contribution in [2.45, 2.75) is 57.1 Å². The lowest BCUT2D eigenvalue weighted by atomic mass is 9.95.